The van der Waals surface area contributed by atoms with Crippen LogP contribution in [0.2, 0.25) is 0 Å². The van der Waals surface area contributed by atoms with Crippen LogP contribution in [0.15, 0.2) is 18.2 Å². The molecule has 0 radical (unpaired) electrons. The lowest BCUT2D eigenvalue weighted by molar-refractivity contribution is -0.137. The SMILES string of the molecule is CCCCCCNc1ccc(C(F)(F)F)cc1C(N)=S. The Kier molecular flexibility index (Phi) is 6.26. The maximum Gasteiger partial charge on any atom is 0.416 e. The number of nitrogens with two attached hydrogens (primary N) is 1. The minimum absolute atomic E-state index is 0.0350. The van der Waals surface area contributed by atoms with Gasteiger partial charge in [0.05, 0.1) is 5.56 Å². The average Bonchev–Trinajstić information content (AvgIpc) is 2.37. The summed E-state index contributed by atoms with van der Waals surface area (Å²) >= 11 is 4.82. The average molecular weight is 304 g/mol. The number of unbranched alkanes of at least 4 members (excludes halogenated alkanes) is 3. The molecule has 112 valence electrons. The molecule has 0 atom stereocenters. The smallest absolute Gasteiger partial charge is 0.389 e. The van der Waals surface area contributed by atoms with Gasteiger partial charge in [0.1, 0.15) is 4.99 Å². The zero-order chi connectivity index (χ0) is 15.2. The number of nitrogens with one attached hydrogen (secondary N) is 1. The van der Waals surface area contributed by atoms with E-state index in [2.05, 4.69) is 12.2 Å². The molecule has 0 spiro atoms. The molecule has 20 heavy (non-hydrogen) atoms. The highest BCUT2D eigenvalue weighted by molar-refractivity contribution is 7.80. The van der Waals surface area contributed by atoms with Gasteiger partial charge in [-0.15, -0.1) is 0 Å². The molecule has 0 saturated heterocycles. The number of thiocarbonyl (C=S) groups is 1. The number of hydrogen-bond acceptors (Lipinski definition) is 2. The van der Waals surface area contributed by atoms with Crippen molar-refractivity contribution >= 4 is 22.9 Å². The van der Waals surface area contributed by atoms with Crippen LogP contribution < -0.4 is 11.1 Å². The second-order valence-corrected chi connectivity index (χ2v) is 5.05. The molecule has 0 fully saturated rings. The standard InChI is InChI=1S/C14H19F3N2S/c1-2-3-4-5-8-19-12-7-6-10(14(15,16)17)9-11(12)13(18)20/h6-7,9,19H,2-5,8H2,1H3,(H2,18,20). The van der Waals surface area contributed by atoms with E-state index in [-0.39, 0.29) is 10.6 Å². The highest BCUT2D eigenvalue weighted by Gasteiger charge is 2.31. The normalized spacial score (nSPS) is 11.4. The van der Waals surface area contributed by atoms with E-state index in [1.165, 1.54) is 6.07 Å². The van der Waals surface area contributed by atoms with Crippen molar-refractivity contribution in [2.75, 3.05) is 11.9 Å². The van der Waals surface area contributed by atoms with Crippen LogP contribution in [0.3, 0.4) is 0 Å². The molecule has 0 saturated carbocycles. The molecule has 0 aliphatic carbocycles. The predicted octanol–water partition coefficient (Wildman–Crippen LogP) is 4.33. The second-order valence-electron chi connectivity index (χ2n) is 4.61. The van der Waals surface area contributed by atoms with Gasteiger partial charge in [-0.05, 0) is 24.6 Å². The maximum absolute atomic E-state index is 12.6. The molecule has 0 bridgehead atoms. The lowest BCUT2D eigenvalue weighted by atomic mass is 10.1. The van der Waals surface area contributed by atoms with Gasteiger partial charge in [0.2, 0.25) is 0 Å². The summed E-state index contributed by atoms with van der Waals surface area (Å²) in [6, 6.07) is 3.42. The van der Waals surface area contributed by atoms with E-state index in [9.17, 15) is 13.2 Å². The summed E-state index contributed by atoms with van der Waals surface area (Å²) in [5.74, 6) is 0. The Balaban J connectivity index is 2.78. The fourth-order valence-electron chi connectivity index (χ4n) is 1.85. The third kappa shape index (κ3) is 5.00. The molecule has 0 aromatic heterocycles. The van der Waals surface area contributed by atoms with E-state index in [1.807, 2.05) is 0 Å². The molecule has 0 unspecified atom stereocenters. The molecule has 0 aliphatic heterocycles. The lowest BCUT2D eigenvalue weighted by Gasteiger charge is -2.14. The first-order valence-corrected chi connectivity index (χ1v) is 7.02. The third-order valence-corrected chi connectivity index (χ3v) is 3.18. The van der Waals surface area contributed by atoms with Gasteiger partial charge in [-0.1, -0.05) is 38.4 Å². The van der Waals surface area contributed by atoms with Crippen molar-refractivity contribution in [3.05, 3.63) is 29.3 Å². The summed E-state index contributed by atoms with van der Waals surface area (Å²) in [6.07, 6.45) is -0.0490. The topological polar surface area (TPSA) is 38.0 Å². The Hall–Kier alpha value is -1.30. The second kappa shape index (κ2) is 7.47. The van der Waals surface area contributed by atoms with Crippen molar-refractivity contribution in [3.63, 3.8) is 0 Å². The number of anilines is 1. The van der Waals surface area contributed by atoms with Crippen LogP contribution >= 0.6 is 12.2 Å². The Labute approximate surface area is 122 Å². The molecular weight excluding hydrogens is 285 g/mol. The largest absolute Gasteiger partial charge is 0.416 e. The van der Waals surface area contributed by atoms with Crippen LogP contribution in [0.4, 0.5) is 18.9 Å². The first-order chi connectivity index (χ1) is 9.36. The van der Waals surface area contributed by atoms with Crippen LogP contribution in [0.25, 0.3) is 0 Å². The van der Waals surface area contributed by atoms with Crippen molar-refractivity contribution in [1.29, 1.82) is 0 Å². The summed E-state index contributed by atoms with van der Waals surface area (Å²) in [6.45, 7) is 2.81. The summed E-state index contributed by atoms with van der Waals surface area (Å²) < 4.78 is 37.9. The van der Waals surface area contributed by atoms with E-state index in [0.29, 0.717) is 12.2 Å². The van der Waals surface area contributed by atoms with Gasteiger partial charge in [0.25, 0.3) is 0 Å². The van der Waals surface area contributed by atoms with Crippen molar-refractivity contribution in [2.24, 2.45) is 5.73 Å². The molecule has 0 amide bonds. The number of benzene rings is 1. The number of halogens is 3. The summed E-state index contributed by atoms with van der Waals surface area (Å²) in [4.78, 5) is -0.0350. The van der Waals surface area contributed by atoms with Crippen LogP contribution in [-0.2, 0) is 6.18 Å². The van der Waals surface area contributed by atoms with Crippen molar-refractivity contribution in [3.8, 4) is 0 Å². The molecule has 1 rings (SSSR count). The molecule has 1 aromatic rings. The quantitative estimate of drug-likeness (QED) is 0.581. The van der Waals surface area contributed by atoms with E-state index < -0.39 is 11.7 Å². The summed E-state index contributed by atoms with van der Waals surface area (Å²) in [5.41, 5.74) is 5.56. The monoisotopic (exact) mass is 304 g/mol. The van der Waals surface area contributed by atoms with Gasteiger partial charge in [-0.3, -0.25) is 0 Å². The number of rotatable bonds is 7. The fraction of sp³-hybridized carbons (Fsp3) is 0.500. The first kappa shape index (κ1) is 16.8. The van der Waals surface area contributed by atoms with Crippen LogP contribution in [0, 0.1) is 0 Å². The van der Waals surface area contributed by atoms with Crippen LogP contribution in [0.5, 0.6) is 0 Å². The van der Waals surface area contributed by atoms with Crippen molar-refractivity contribution in [1.82, 2.24) is 0 Å². The fourth-order valence-corrected chi connectivity index (χ4v) is 2.02. The molecule has 1 aromatic carbocycles. The van der Waals surface area contributed by atoms with Crippen LogP contribution in [-0.4, -0.2) is 11.5 Å². The Morgan fingerprint density at radius 2 is 1.95 bits per heavy atom. The van der Waals surface area contributed by atoms with E-state index in [0.717, 1.165) is 37.8 Å². The van der Waals surface area contributed by atoms with Gasteiger partial charge >= 0.3 is 6.18 Å². The van der Waals surface area contributed by atoms with Gasteiger partial charge in [-0.25, -0.2) is 0 Å². The highest BCUT2D eigenvalue weighted by atomic mass is 32.1. The molecular formula is C14H19F3N2S. The van der Waals surface area contributed by atoms with Gasteiger partial charge in [0, 0.05) is 17.8 Å². The zero-order valence-electron chi connectivity index (χ0n) is 11.4. The Bertz CT molecular complexity index is 458. The van der Waals surface area contributed by atoms with Crippen molar-refractivity contribution in [2.45, 2.75) is 38.8 Å². The van der Waals surface area contributed by atoms with E-state index in [1.54, 1.807) is 0 Å². The molecule has 2 nitrogen and oxygen atoms in total. The summed E-state index contributed by atoms with van der Waals surface area (Å²) in [5, 5.41) is 3.10. The first-order valence-electron chi connectivity index (χ1n) is 6.61. The third-order valence-electron chi connectivity index (χ3n) is 2.96. The highest BCUT2D eigenvalue weighted by Crippen LogP contribution is 2.31. The minimum Gasteiger partial charge on any atom is -0.389 e. The Morgan fingerprint density at radius 3 is 2.50 bits per heavy atom. The van der Waals surface area contributed by atoms with E-state index in [4.69, 9.17) is 18.0 Å². The predicted molar refractivity (Wildman–Crippen MR) is 80.0 cm³/mol. The Morgan fingerprint density at radius 1 is 1.25 bits per heavy atom. The van der Waals surface area contributed by atoms with Gasteiger partial charge < -0.3 is 11.1 Å². The number of alkyl halides is 3. The minimum atomic E-state index is -4.39. The lowest BCUT2D eigenvalue weighted by Crippen LogP contribution is -2.16. The van der Waals surface area contributed by atoms with E-state index >= 15 is 0 Å². The van der Waals surface area contributed by atoms with Crippen molar-refractivity contribution < 1.29 is 13.2 Å². The zero-order valence-corrected chi connectivity index (χ0v) is 12.2. The molecule has 0 heterocycles. The van der Waals surface area contributed by atoms with Crippen LogP contribution in [0.1, 0.15) is 43.7 Å². The molecule has 3 N–H and O–H groups in total. The molecule has 6 heteroatoms. The maximum atomic E-state index is 12.6. The van der Waals surface area contributed by atoms with Gasteiger partial charge in [0.15, 0.2) is 0 Å². The summed E-state index contributed by atoms with van der Waals surface area (Å²) in [7, 11) is 0. The molecule has 0 aliphatic rings. The van der Waals surface area contributed by atoms with Gasteiger partial charge in [-0.2, -0.15) is 13.2 Å². The number of hydrogen-bond donors (Lipinski definition) is 2.